The fraction of sp³-hybridized carbons (Fsp3) is 0.0435. The van der Waals surface area contributed by atoms with Crippen molar-refractivity contribution in [3.8, 4) is 16.9 Å². The van der Waals surface area contributed by atoms with E-state index >= 15 is 0 Å². The van der Waals surface area contributed by atoms with Crippen molar-refractivity contribution in [2.24, 2.45) is 0 Å². The summed E-state index contributed by atoms with van der Waals surface area (Å²) in [6, 6.07) is 15.8. The molecule has 158 valence electrons. The third-order valence-electron chi connectivity index (χ3n) is 4.94. The van der Waals surface area contributed by atoms with Crippen LogP contribution in [0.15, 0.2) is 73.1 Å². The summed E-state index contributed by atoms with van der Waals surface area (Å²) in [7, 11) is 0. The highest BCUT2D eigenvalue weighted by atomic mass is 19.1. The number of hydrogen-bond donors (Lipinski definition) is 2. The van der Waals surface area contributed by atoms with Gasteiger partial charge >= 0.3 is 0 Å². The number of nitrogens with zero attached hydrogens (tertiary/aromatic N) is 5. The lowest BCUT2D eigenvalue weighted by Gasteiger charge is -2.09. The van der Waals surface area contributed by atoms with Gasteiger partial charge in [0.2, 0.25) is 5.95 Å². The van der Waals surface area contributed by atoms with Crippen LogP contribution in [0.2, 0.25) is 0 Å². The maximum absolute atomic E-state index is 14.7. The Morgan fingerprint density at radius 1 is 0.938 bits per heavy atom. The molecule has 0 bridgehead atoms. The van der Waals surface area contributed by atoms with E-state index in [1.54, 1.807) is 42.7 Å². The van der Waals surface area contributed by atoms with Gasteiger partial charge in [-0.15, -0.1) is 5.10 Å². The molecule has 5 aromatic rings. The summed E-state index contributed by atoms with van der Waals surface area (Å²) in [5.74, 6) is -0.329. The minimum atomic E-state index is -0.445. The van der Waals surface area contributed by atoms with E-state index in [0.29, 0.717) is 23.3 Å². The molecule has 0 fully saturated rings. The van der Waals surface area contributed by atoms with Gasteiger partial charge in [-0.05, 0) is 48.0 Å². The van der Waals surface area contributed by atoms with Gasteiger partial charge in [0.15, 0.2) is 5.65 Å². The molecule has 0 saturated heterocycles. The molecule has 0 amide bonds. The van der Waals surface area contributed by atoms with Crippen molar-refractivity contribution in [3.05, 3.63) is 90.3 Å². The Morgan fingerprint density at radius 2 is 1.75 bits per heavy atom. The van der Waals surface area contributed by atoms with Crippen LogP contribution in [0.3, 0.4) is 0 Å². The van der Waals surface area contributed by atoms with E-state index in [0.717, 1.165) is 5.56 Å². The maximum Gasteiger partial charge on any atom is 0.225 e. The number of aromatic nitrogens is 5. The molecule has 32 heavy (non-hydrogen) atoms. The molecular formula is C23H17F2N7. The number of fused-ring (bicyclic) bond motifs is 1. The molecule has 0 aliphatic rings. The SMILES string of the molecule is Nc1c2c(-c3ccccc3F)nc(NCc3cccnc3)nc2nn1-c1ccc(F)cc1. The molecule has 7 nitrogen and oxygen atoms in total. The molecule has 0 spiro atoms. The first-order chi connectivity index (χ1) is 15.6. The lowest BCUT2D eigenvalue weighted by molar-refractivity contribution is 0.627. The average molecular weight is 429 g/mol. The van der Waals surface area contributed by atoms with Crippen LogP contribution in [-0.2, 0) is 6.54 Å². The lowest BCUT2D eigenvalue weighted by Crippen LogP contribution is -2.05. The number of benzene rings is 2. The van der Waals surface area contributed by atoms with Crippen molar-refractivity contribution in [1.82, 2.24) is 24.7 Å². The molecule has 3 N–H and O–H groups in total. The van der Waals surface area contributed by atoms with Crippen molar-refractivity contribution >= 4 is 22.8 Å². The first kappa shape index (κ1) is 19.6. The number of pyridine rings is 1. The molecule has 0 aliphatic heterocycles. The molecular weight excluding hydrogens is 412 g/mol. The first-order valence-corrected chi connectivity index (χ1v) is 9.80. The van der Waals surface area contributed by atoms with E-state index in [1.807, 2.05) is 12.1 Å². The quantitative estimate of drug-likeness (QED) is 0.431. The largest absolute Gasteiger partial charge is 0.383 e. The number of halogens is 2. The molecule has 0 atom stereocenters. The number of rotatable bonds is 5. The highest BCUT2D eigenvalue weighted by Crippen LogP contribution is 2.34. The summed E-state index contributed by atoms with van der Waals surface area (Å²) in [6.45, 7) is 0.421. The molecule has 2 aromatic carbocycles. The number of nitrogen functional groups attached to an aromatic ring is 1. The number of anilines is 2. The van der Waals surface area contributed by atoms with Crippen LogP contribution >= 0.6 is 0 Å². The summed E-state index contributed by atoms with van der Waals surface area (Å²) in [5.41, 5.74) is 8.74. The highest BCUT2D eigenvalue weighted by Gasteiger charge is 2.21. The molecule has 3 heterocycles. The Hall–Kier alpha value is -4.40. The minimum Gasteiger partial charge on any atom is -0.383 e. The van der Waals surface area contributed by atoms with Gasteiger partial charge in [-0.3, -0.25) is 4.98 Å². The van der Waals surface area contributed by atoms with Crippen LogP contribution < -0.4 is 11.1 Å². The van der Waals surface area contributed by atoms with Gasteiger partial charge in [0.1, 0.15) is 17.5 Å². The second-order valence-electron chi connectivity index (χ2n) is 7.06. The normalized spacial score (nSPS) is 11.1. The molecule has 9 heteroatoms. The molecule has 0 unspecified atom stereocenters. The predicted molar refractivity (Wildman–Crippen MR) is 118 cm³/mol. The lowest BCUT2D eigenvalue weighted by atomic mass is 10.1. The van der Waals surface area contributed by atoms with Crippen molar-refractivity contribution in [2.75, 3.05) is 11.1 Å². The molecule has 0 radical (unpaired) electrons. The smallest absolute Gasteiger partial charge is 0.225 e. The van der Waals surface area contributed by atoms with Gasteiger partial charge in [0, 0.05) is 24.5 Å². The molecule has 0 aliphatic carbocycles. The van der Waals surface area contributed by atoms with E-state index < -0.39 is 5.82 Å². The van der Waals surface area contributed by atoms with Crippen LogP contribution in [0.25, 0.3) is 28.0 Å². The summed E-state index contributed by atoms with van der Waals surface area (Å²) in [4.78, 5) is 13.1. The van der Waals surface area contributed by atoms with Crippen molar-refractivity contribution in [1.29, 1.82) is 0 Å². The van der Waals surface area contributed by atoms with Gasteiger partial charge in [-0.1, -0.05) is 18.2 Å². The average Bonchev–Trinajstić information content (AvgIpc) is 3.15. The molecule has 0 saturated carbocycles. The number of nitrogens with one attached hydrogen (secondary N) is 1. The van der Waals surface area contributed by atoms with Gasteiger partial charge in [-0.2, -0.15) is 4.98 Å². The topological polar surface area (TPSA) is 94.5 Å². The van der Waals surface area contributed by atoms with E-state index in [1.165, 1.54) is 22.9 Å². The Labute approximate surface area is 181 Å². The van der Waals surface area contributed by atoms with Gasteiger partial charge in [0.25, 0.3) is 0 Å². The van der Waals surface area contributed by atoms with Crippen LogP contribution in [0, 0.1) is 11.6 Å². The van der Waals surface area contributed by atoms with Crippen molar-refractivity contribution < 1.29 is 8.78 Å². The maximum atomic E-state index is 14.7. The van der Waals surface area contributed by atoms with Crippen LogP contribution in [0.1, 0.15) is 5.56 Å². The monoisotopic (exact) mass is 429 g/mol. The van der Waals surface area contributed by atoms with Crippen molar-refractivity contribution in [3.63, 3.8) is 0 Å². The number of nitrogens with two attached hydrogens (primary N) is 1. The van der Waals surface area contributed by atoms with Gasteiger partial charge in [-0.25, -0.2) is 18.4 Å². The fourth-order valence-electron chi connectivity index (χ4n) is 3.40. The van der Waals surface area contributed by atoms with E-state index in [9.17, 15) is 8.78 Å². The zero-order chi connectivity index (χ0) is 22.1. The standard InChI is InChI=1S/C23H17F2N7/c24-15-7-9-16(10-8-15)32-21(26)19-20(17-5-1-2-6-18(17)25)29-23(30-22(19)31-32)28-13-14-4-3-11-27-12-14/h1-12H,13,26H2,(H,28,30,31). The third kappa shape index (κ3) is 3.60. The van der Waals surface area contributed by atoms with Crippen LogP contribution in [-0.4, -0.2) is 24.7 Å². The second-order valence-corrected chi connectivity index (χ2v) is 7.06. The Balaban J connectivity index is 1.66. The van der Waals surface area contributed by atoms with Crippen LogP contribution in [0.5, 0.6) is 0 Å². The summed E-state index contributed by atoms with van der Waals surface area (Å²) < 4.78 is 29.5. The molecule has 3 aromatic heterocycles. The highest BCUT2D eigenvalue weighted by molar-refractivity contribution is 5.99. The van der Waals surface area contributed by atoms with E-state index in [4.69, 9.17) is 5.73 Å². The van der Waals surface area contributed by atoms with Crippen molar-refractivity contribution in [2.45, 2.75) is 6.54 Å². The first-order valence-electron chi connectivity index (χ1n) is 9.80. The predicted octanol–water partition coefficient (Wildman–Crippen LogP) is 4.35. The Morgan fingerprint density at radius 3 is 2.50 bits per heavy atom. The van der Waals surface area contributed by atoms with Crippen LogP contribution in [0.4, 0.5) is 20.5 Å². The second kappa shape index (κ2) is 8.03. The molecule has 5 rings (SSSR count). The van der Waals surface area contributed by atoms with Gasteiger partial charge < -0.3 is 11.1 Å². The minimum absolute atomic E-state index is 0.226. The Bertz CT molecular complexity index is 1400. The zero-order valence-electron chi connectivity index (χ0n) is 16.7. The van der Waals surface area contributed by atoms with Gasteiger partial charge in [0.05, 0.1) is 16.8 Å². The number of hydrogen-bond acceptors (Lipinski definition) is 6. The summed E-state index contributed by atoms with van der Waals surface area (Å²) in [5, 5.41) is 8.03. The summed E-state index contributed by atoms with van der Waals surface area (Å²) >= 11 is 0. The fourth-order valence-corrected chi connectivity index (χ4v) is 3.40. The van der Waals surface area contributed by atoms with E-state index in [2.05, 4.69) is 25.4 Å². The summed E-state index contributed by atoms with van der Waals surface area (Å²) in [6.07, 6.45) is 3.41. The third-order valence-corrected chi connectivity index (χ3v) is 4.94. The Kier molecular flexibility index (Phi) is 4.91. The zero-order valence-corrected chi connectivity index (χ0v) is 16.7. The van der Waals surface area contributed by atoms with E-state index in [-0.39, 0.29) is 28.8 Å².